The molecule has 0 spiro atoms. The lowest BCUT2D eigenvalue weighted by molar-refractivity contribution is -0.117. The van der Waals surface area contributed by atoms with E-state index in [0.717, 1.165) is 21.8 Å². The smallest absolute Gasteiger partial charge is 0.261 e. The zero-order valence-electron chi connectivity index (χ0n) is 15.5. The first-order valence-electron chi connectivity index (χ1n) is 8.81. The molecule has 0 fully saturated rings. The Morgan fingerprint density at radius 2 is 2.14 bits per heavy atom. The highest BCUT2D eigenvalue weighted by atomic mass is 32.1. The first kappa shape index (κ1) is 19.5. The number of thiophene rings is 1. The quantitative estimate of drug-likeness (QED) is 0.360. The largest absolute Gasteiger partial charge is 0.385 e. The molecule has 1 aromatic carbocycles. The van der Waals surface area contributed by atoms with E-state index in [2.05, 4.69) is 10.4 Å². The van der Waals surface area contributed by atoms with E-state index in [-0.39, 0.29) is 5.57 Å². The fourth-order valence-corrected chi connectivity index (χ4v) is 3.36. The number of nitriles is 1. The topological polar surface area (TPSA) is 79.9 Å². The third kappa shape index (κ3) is 4.74. The average Bonchev–Trinajstić information content (AvgIpc) is 3.39. The Kier molecular flexibility index (Phi) is 6.73. The highest BCUT2D eigenvalue weighted by Gasteiger charge is 2.15. The Morgan fingerprint density at radius 3 is 2.82 bits per heavy atom. The predicted molar refractivity (Wildman–Crippen MR) is 110 cm³/mol. The van der Waals surface area contributed by atoms with Gasteiger partial charge in [0.2, 0.25) is 0 Å². The number of amides is 1. The van der Waals surface area contributed by atoms with Crippen molar-refractivity contribution in [2.24, 2.45) is 0 Å². The average molecular weight is 392 g/mol. The summed E-state index contributed by atoms with van der Waals surface area (Å²) in [5.41, 5.74) is 2.40. The van der Waals surface area contributed by atoms with E-state index in [0.29, 0.717) is 19.6 Å². The molecular weight excluding hydrogens is 372 g/mol. The fourth-order valence-electron chi connectivity index (χ4n) is 2.63. The van der Waals surface area contributed by atoms with Gasteiger partial charge in [0.15, 0.2) is 0 Å². The van der Waals surface area contributed by atoms with Gasteiger partial charge >= 0.3 is 0 Å². The molecule has 142 valence electrons. The molecule has 2 heterocycles. The molecule has 0 saturated carbocycles. The van der Waals surface area contributed by atoms with E-state index >= 15 is 0 Å². The summed E-state index contributed by atoms with van der Waals surface area (Å²) < 4.78 is 6.72. The highest BCUT2D eigenvalue weighted by Crippen LogP contribution is 2.29. The molecule has 0 atom stereocenters. The number of hydrogen-bond donors (Lipinski definition) is 1. The van der Waals surface area contributed by atoms with Gasteiger partial charge in [0.05, 0.1) is 10.6 Å². The predicted octanol–water partition coefficient (Wildman–Crippen LogP) is 3.66. The molecule has 0 unspecified atom stereocenters. The molecule has 6 nitrogen and oxygen atoms in total. The monoisotopic (exact) mass is 392 g/mol. The number of methoxy groups -OCH3 is 1. The Morgan fingerprint density at radius 1 is 1.32 bits per heavy atom. The van der Waals surface area contributed by atoms with Crippen LogP contribution < -0.4 is 5.32 Å². The van der Waals surface area contributed by atoms with Crippen LogP contribution in [-0.2, 0) is 9.53 Å². The van der Waals surface area contributed by atoms with Crippen LogP contribution in [0.1, 0.15) is 12.0 Å². The molecule has 1 N–H and O–H groups in total. The number of para-hydroxylation sites is 1. The minimum atomic E-state index is -0.400. The van der Waals surface area contributed by atoms with Crippen molar-refractivity contribution in [1.29, 1.82) is 5.26 Å². The number of carbonyl (C=O) groups is 1. The van der Waals surface area contributed by atoms with E-state index in [4.69, 9.17) is 4.74 Å². The summed E-state index contributed by atoms with van der Waals surface area (Å²) in [5.74, 6) is -0.400. The van der Waals surface area contributed by atoms with Gasteiger partial charge in [-0.25, -0.2) is 4.68 Å². The van der Waals surface area contributed by atoms with Gasteiger partial charge < -0.3 is 10.1 Å². The molecule has 3 rings (SSSR count). The number of carbonyl (C=O) groups excluding carboxylic acids is 1. The van der Waals surface area contributed by atoms with E-state index in [1.165, 1.54) is 0 Å². The van der Waals surface area contributed by atoms with Crippen molar-refractivity contribution in [1.82, 2.24) is 15.1 Å². The van der Waals surface area contributed by atoms with Crippen molar-refractivity contribution in [3.63, 3.8) is 0 Å². The second kappa shape index (κ2) is 9.65. The van der Waals surface area contributed by atoms with Gasteiger partial charge in [-0.3, -0.25) is 4.79 Å². The van der Waals surface area contributed by atoms with E-state index in [1.54, 1.807) is 29.2 Å². The molecule has 0 aliphatic rings. The third-order valence-electron chi connectivity index (χ3n) is 3.99. The minimum absolute atomic E-state index is 0.0443. The SMILES string of the molecule is COCCCNC(=O)/C(C#N)=C\c1cn(-c2ccccc2)nc1-c1cccs1. The van der Waals surface area contributed by atoms with Crippen LogP contribution in [0.15, 0.2) is 59.6 Å². The zero-order chi connectivity index (χ0) is 19.8. The highest BCUT2D eigenvalue weighted by molar-refractivity contribution is 7.13. The van der Waals surface area contributed by atoms with Gasteiger partial charge in [-0.15, -0.1) is 11.3 Å². The molecule has 0 bridgehead atoms. The van der Waals surface area contributed by atoms with Gasteiger partial charge in [-0.1, -0.05) is 24.3 Å². The maximum absolute atomic E-state index is 12.3. The van der Waals surface area contributed by atoms with Crippen molar-refractivity contribution >= 4 is 23.3 Å². The number of benzene rings is 1. The van der Waals surface area contributed by atoms with Gasteiger partial charge in [-0.05, 0) is 36.1 Å². The van der Waals surface area contributed by atoms with Crippen molar-refractivity contribution in [3.05, 3.63) is 65.2 Å². The number of nitrogens with one attached hydrogen (secondary N) is 1. The standard InChI is InChI=1S/C21H20N4O2S/c1-27-11-6-10-23-21(26)16(14-22)13-17-15-25(18-7-3-2-4-8-18)24-20(17)19-9-5-12-28-19/h2-5,7-9,12-13,15H,6,10-11H2,1H3,(H,23,26)/b16-13-. The molecule has 0 radical (unpaired) electrons. The van der Waals surface area contributed by atoms with E-state index in [1.807, 2.05) is 60.1 Å². The molecule has 1 amide bonds. The lowest BCUT2D eigenvalue weighted by atomic mass is 10.1. The van der Waals surface area contributed by atoms with Crippen molar-refractivity contribution < 1.29 is 9.53 Å². The van der Waals surface area contributed by atoms with Crippen molar-refractivity contribution in [2.45, 2.75) is 6.42 Å². The second-order valence-electron chi connectivity index (χ2n) is 5.96. The van der Waals surface area contributed by atoms with E-state index < -0.39 is 5.91 Å². The van der Waals surface area contributed by atoms with Gasteiger partial charge in [0.25, 0.3) is 5.91 Å². The molecule has 0 aliphatic heterocycles. The second-order valence-corrected chi connectivity index (χ2v) is 6.91. The minimum Gasteiger partial charge on any atom is -0.385 e. The molecule has 0 aliphatic carbocycles. The normalized spacial score (nSPS) is 11.2. The van der Waals surface area contributed by atoms with Crippen LogP contribution in [0, 0.1) is 11.3 Å². The Bertz CT molecular complexity index is 985. The molecular formula is C21H20N4O2S. The summed E-state index contributed by atoms with van der Waals surface area (Å²) >= 11 is 1.56. The fraction of sp³-hybridized carbons (Fsp3) is 0.190. The Labute approximate surface area is 167 Å². The molecule has 0 saturated heterocycles. The molecule has 28 heavy (non-hydrogen) atoms. The van der Waals surface area contributed by atoms with Crippen LogP contribution in [0.4, 0.5) is 0 Å². The number of ether oxygens (including phenoxy) is 1. The number of hydrogen-bond acceptors (Lipinski definition) is 5. The maximum atomic E-state index is 12.3. The number of nitrogens with zero attached hydrogens (tertiary/aromatic N) is 3. The van der Waals surface area contributed by atoms with Crippen LogP contribution in [0.25, 0.3) is 22.3 Å². The molecule has 2 aromatic heterocycles. The van der Waals surface area contributed by atoms with Crippen LogP contribution in [0.2, 0.25) is 0 Å². The lowest BCUT2D eigenvalue weighted by Gasteiger charge is -2.03. The van der Waals surface area contributed by atoms with Crippen LogP contribution in [0.5, 0.6) is 0 Å². The number of aromatic nitrogens is 2. The summed E-state index contributed by atoms with van der Waals surface area (Å²) in [5, 5.41) is 18.9. The maximum Gasteiger partial charge on any atom is 0.261 e. The number of rotatable bonds is 8. The van der Waals surface area contributed by atoms with Crippen molar-refractivity contribution in [2.75, 3.05) is 20.3 Å². The lowest BCUT2D eigenvalue weighted by Crippen LogP contribution is -2.26. The summed E-state index contributed by atoms with van der Waals surface area (Å²) in [6.07, 6.45) is 4.11. The van der Waals surface area contributed by atoms with Crippen LogP contribution in [0.3, 0.4) is 0 Å². The zero-order valence-corrected chi connectivity index (χ0v) is 16.3. The van der Waals surface area contributed by atoms with Crippen LogP contribution in [-0.4, -0.2) is 35.9 Å². The van der Waals surface area contributed by atoms with Crippen molar-refractivity contribution in [3.8, 4) is 22.3 Å². The summed E-state index contributed by atoms with van der Waals surface area (Å²) in [7, 11) is 1.61. The first-order valence-corrected chi connectivity index (χ1v) is 9.69. The van der Waals surface area contributed by atoms with Gasteiger partial charge in [0, 0.05) is 32.0 Å². The molecule has 7 heteroatoms. The van der Waals surface area contributed by atoms with Gasteiger partial charge in [-0.2, -0.15) is 10.4 Å². The Hall–Kier alpha value is -3.21. The summed E-state index contributed by atoms with van der Waals surface area (Å²) in [6, 6.07) is 15.6. The summed E-state index contributed by atoms with van der Waals surface area (Å²) in [6.45, 7) is 1.00. The van der Waals surface area contributed by atoms with E-state index in [9.17, 15) is 10.1 Å². The Balaban J connectivity index is 1.93. The third-order valence-corrected chi connectivity index (χ3v) is 4.87. The van der Waals surface area contributed by atoms with Gasteiger partial charge in [0.1, 0.15) is 17.3 Å². The summed E-state index contributed by atoms with van der Waals surface area (Å²) in [4.78, 5) is 13.3. The van der Waals surface area contributed by atoms with Crippen LogP contribution >= 0.6 is 11.3 Å². The molecule has 3 aromatic rings. The first-order chi connectivity index (χ1) is 13.7.